The van der Waals surface area contributed by atoms with Crippen molar-refractivity contribution in [1.82, 2.24) is 0 Å². The van der Waals surface area contributed by atoms with Gasteiger partial charge in [0.15, 0.2) is 0 Å². The Hall–Kier alpha value is -2.87. The zero-order chi connectivity index (χ0) is 21.2. The molecule has 2 amide bonds. The Balaban J connectivity index is 1.88. The topological polar surface area (TPSA) is 95.5 Å². The van der Waals surface area contributed by atoms with E-state index >= 15 is 0 Å². The second kappa shape index (κ2) is 6.57. The van der Waals surface area contributed by atoms with Gasteiger partial charge in [-0.15, -0.1) is 11.3 Å². The smallest absolute Gasteiger partial charge is 0.346 e. The van der Waals surface area contributed by atoms with Crippen molar-refractivity contribution in [2.45, 2.75) is 11.8 Å². The predicted molar refractivity (Wildman–Crippen MR) is 116 cm³/mol. The van der Waals surface area contributed by atoms with Crippen LogP contribution in [0.25, 0.3) is 11.1 Å². The highest BCUT2D eigenvalue weighted by Crippen LogP contribution is 2.57. The Labute approximate surface area is 184 Å². The van der Waals surface area contributed by atoms with E-state index in [1.807, 2.05) is 0 Å². The maximum absolute atomic E-state index is 13.2. The molecule has 150 valence electrons. The van der Waals surface area contributed by atoms with Crippen LogP contribution in [0.3, 0.4) is 0 Å². The summed E-state index contributed by atoms with van der Waals surface area (Å²) >= 11 is 13.5. The van der Waals surface area contributed by atoms with Crippen molar-refractivity contribution in [1.29, 1.82) is 0 Å². The van der Waals surface area contributed by atoms with Gasteiger partial charge in [-0.25, -0.2) is 4.79 Å². The lowest BCUT2D eigenvalue weighted by Crippen LogP contribution is -2.42. The molecule has 1 atom stereocenters. The maximum Gasteiger partial charge on any atom is 0.346 e. The van der Waals surface area contributed by atoms with Crippen LogP contribution in [0.2, 0.25) is 10.0 Å². The molecule has 3 N–H and O–H groups in total. The highest BCUT2D eigenvalue weighted by atomic mass is 35.5. The van der Waals surface area contributed by atoms with Crippen molar-refractivity contribution < 1.29 is 19.5 Å². The van der Waals surface area contributed by atoms with Gasteiger partial charge in [0.1, 0.15) is 10.3 Å². The van der Waals surface area contributed by atoms with E-state index in [-0.39, 0.29) is 17.2 Å². The third-order valence-corrected chi connectivity index (χ3v) is 7.30. The summed E-state index contributed by atoms with van der Waals surface area (Å²) in [7, 11) is 0. The van der Waals surface area contributed by atoms with E-state index in [9.17, 15) is 19.5 Å². The van der Waals surface area contributed by atoms with Gasteiger partial charge in [-0.3, -0.25) is 9.59 Å². The summed E-state index contributed by atoms with van der Waals surface area (Å²) in [6.45, 7) is 0. The molecule has 1 aromatic heterocycles. The molecule has 0 saturated carbocycles. The van der Waals surface area contributed by atoms with E-state index in [2.05, 4.69) is 10.6 Å². The average molecular weight is 459 g/mol. The van der Waals surface area contributed by atoms with Gasteiger partial charge in [0.25, 0.3) is 0 Å². The summed E-state index contributed by atoms with van der Waals surface area (Å²) in [6, 6.07) is 11.8. The molecule has 0 unspecified atom stereocenters. The summed E-state index contributed by atoms with van der Waals surface area (Å²) in [5, 5.41) is 16.3. The molecule has 0 aliphatic carbocycles. The molecule has 3 heterocycles. The number of carboxylic acids is 1. The molecule has 30 heavy (non-hydrogen) atoms. The molecule has 5 rings (SSSR count). The number of amides is 2. The van der Waals surface area contributed by atoms with Crippen LogP contribution in [0, 0.1) is 0 Å². The van der Waals surface area contributed by atoms with E-state index in [1.165, 1.54) is 0 Å². The Morgan fingerprint density at radius 1 is 1.10 bits per heavy atom. The second-order valence-electron chi connectivity index (χ2n) is 7.07. The van der Waals surface area contributed by atoms with Gasteiger partial charge in [0.2, 0.25) is 11.8 Å². The summed E-state index contributed by atoms with van der Waals surface area (Å²) in [4.78, 5) is 38.6. The van der Waals surface area contributed by atoms with Crippen LogP contribution in [0.5, 0.6) is 0 Å². The van der Waals surface area contributed by atoms with E-state index in [0.29, 0.717) is 43.0 Å². The molecule has 1 spiro atoms. The van der Waals surface area contributed by atoms with Crippen molar-refractivity contribution >= 4 is 63.7 Å². The van der Waals surface area contributed by atoms with Gasteiger partial charge in [0, 0.05) is 26.9 Å². The number of carbonyl (C=O) groups is 3. The molecule has 2 aliphatic heterocycles. The lowest BCUT2D eigenvalue weighted by molar-refractivity contribution is -0.125. The monoisotopic (exact) mass is 458 g/mol. The number of carbonyl (C=O) groups excluding carboxylic acids is 2. The van der Waals surface area contributed by atoms with Gasteiger partial charge < -0.3 is 15.7 Å². The van der Waals surface area contributed by atoms with E-state index < -0.39 is 17.3 Å². The zero-order valence-electron chi connectivity index (χ0n) is 15.1. The van der Waals surface area contributed by atoms with Crippen LogP contribution >= 0.6 is 34.5 Å². The molecular formula is C21H12Cl2N2O4S. The number of nitrogens with one attached hydrogen (secondary N) is 2. The molecule has 9 heteroatoms. The van der Waals surface area contributed by atoms with Crippen LogP contribution in [-0.2, 0) is 15.0 Å². The highest BCUT2D eigenvalue weighted by molar-refractivity contribution is 7.15. The normalized spacial score (nSPS) is 19.3. The molecule has 0 bridgehead atoms. The first kappa shape index (κ1) is 19.1. The number of hydrogen-bond donors (Lipinski definition) is 3. The first-order chi connectivity index (χ1) is 14.3. The third-order valence-electron chi connectivity index (χ3n) is 5.40. The Bertz CT molecular complexity index is 1290. The summed E-state index contributed by atoms with van der Waals surface area (Å²) in [5.74, 6) is -1.95. The first-order valence-electron chi connectivity index (χ1n) is 8.89. The Kier molecular flexibility index (Phi) is 4.18. The van der Waals surface area contributed by atoms with Gasteiger partial charge >= 0.3 is 5.97 Å². The Morgan fingerprint density at radius 2 is 1.87 bits per heavy atom. The molecule has 2 aromatic carbocycles. The van der Waals surface area contributed by atoms with Crippen LogP contribution in [-0.4, -0.2) is 22.9 Å². The maximum atomic E-state index is 13.2. The number of hydrogen-bond acceptors (Lipinski definition) is 4. The van der Waals surface area contributed by atoms with Gasteiger partial charge in [-0.2, -0.15) is 0 Å². The fourth-order valence-corrected chi connectivity index (χ4v) is 5.87. The fourth-order valence-electron chi connectivity index (χ4n) is 4.16. The number of fused-ring (bicyclic) bond motifs is 4. The molecule has 0 radical (unpaired) electrons. The van der Waals surface area contributed by atoms with Crippen molar-refractivity contribution in [3.8, 4) is 11.1 Å². The number of halogens is 2. The van der Waals surface area contributed by atoms with Crippen LogP contribution in [0.4, 0.5) is 11.4 Å². The number of aromatic carboxylic acids is 1. The molecule has 0 fully saturated rings. The van der Waals surface area contributed by atoms with E-state index in [0.717, 1.165) is 11.3 Å². The lowest BCUT2D eigenvalue weighted by atomic mass is 9.74. The quantitative estimate of drug-likeness (QED) is 0.503. The van der Waals surface area contributed by atoms with Crippen LogP contribution in [0.1, 0.15) is 26.5 Å². The standard InChI is InChI=1S/C21H12Cl2N2O4S/c22-9-5-6-13-11(7-9)21(20(29)24-13)8-14(26)25-16-15(10-3-1-2-4-12(10)23)17(19(27)28)30-18(16)21/h1-7H,8H2,(H,24,29)(H,25,26)(H,27,28)/t21-/m1/s1. The number of thiophene rings is 1. The minimum Gasteiger partial charge on any atom is -0.477 e. The molecule has 3 aromatic rings. The number of benzene rings is 2. The van der Waals surface area contributed by atoms with E-state index in [4.69, 9.17) is 23.2 Å². The molecule has 2 aliphatic rings. The molecule has 0 saturated heterocycles. The largest absolute Gasteiger partial charge is 0.477 e. The average Bonchev–Trinajstić information content (AvgIpc) is 3.20. The first-order valence-corrected chi connectivity index (χ1v) is 10.5. The van der Waals surface area contributed by atoms with Crippen LogP contribution in [0.15, 0.2) is 42.5 Å². The zero-order valence-corrected chi connectivity index (χ0v) is 17.4. The lowest BCUT2D eigenvalue weighted by Gasteiger charge is -2.31. The third kappa shape index (κ3) is 2.52. The minimum absolute atomic E-state index is 0.00190. The summed E-state index contributed by atoms with van der Waals surface area (Å²) in [5.41, 5.74) is 0.811. The van der Waals surface area contributed by atoms with Gasteiger partial charge in [0.05, 0.1) is 17.0 Å². The summed E-state index contributed by atoms with van der Waals surface area (Å²) < 4.78 is 0. The minimum atomic E-state index is -1.35. The van der Waals surface area contributed by atoms with E-state index in [1.54, 1.807) is 42.5 Å². The predicted octanol–water partition coefficient (Wildman–Crippen LogP) is 5.00. The van der Waals surface area contributed by atoms with Crippen molar-refractivity contribution in [2.75, 3.05) is 10.6 Å². The number of carboxylic acid groups (broad SMARTS) is 1. The van der Waals surface area contributed by atoms with Crippen molar-refractivity contribution in [3.63, 3.8) is 0 Å². The highest BCUT2D eigenvalue weighted by Gasteiger charge is 2.55. The van der Waals surface area contributed by atoms with Crippen LogP contribution < -0.4 is 10.6 Å². The second-order valence-corrected chi connectivity index (χ2v) is 8.93. The summed E-state index contributed by atoms with van der Waals surface area (Å²) in [6.07, 6.45) is -0.152. The molecular weight excluding hydrogens is 447 g/mol. The van der Waals surface area contributed by atoms with Gasteiger partial charge in [-0.05, 0) is 29.8 Å². The SMILES string of the molecule is O=C1C[C@]2(C(=O)Nc3ccc(Cl)cc32)c2sc(C(=O)O)c(-c3ccccc3Cl)c2N1. The van der Waals surface area contributed by atoms with Crippen molar-refractivity contribution in [2.24, 2.45) is 0 Å². The van der Waals surface area contributed by atoms with Crippen molar-refractivity contribution in [3.05, 3.63) is 67.8 Å². The Morgan fingerprint density at radius 3 is 2.60 bits per heavy atom. The fraction of sp³-hybridized carbons (Fsp3) is 0.0952. The number of anilines is 2. The molecule has 6 nitrogen and oxygen atoms in total. The number of rotatable bonds is 2. The van der Waals surface area contributed by atoms with Gasteiger partial charge in [-0.1, -0.05) is 41.4 Å².